The molecule has 2 aliphatic heterocycles. The normalized spacial score (nSPS) is 33.6. The molecule has 15 heavy (non-hydrogen) atoms. The van der Waals surface area contributed by atoms with Crippen molar-refractivity contribution in [3.05, 3.63) is 0 Å². The Hall–Kier alpha value is 0.470. The summed E-state index contributed by atoms with van der Waals surface area (Å²) in [5.74, 6) is 0. The van der Waals surface area contributed by atoms with E-state index < -0.39 is 0 Å². The Morgan fingerprint density at radius 1 is 1.27 bits per heavy atom. The number of nitrogens with zero attached hydrogens (tertiary/aromatic N) is 3. The van der Waals surface area contributed by atoms with Crippen LogP contribution in [0.5, 0.6) is 0 Å². The highest BCUT2D eigenvalue weighted by Gasteiger charge is 2.37. The van der Waals surface area contributed by atoms with E-state index in [4.69, 9.17) is 0 Å². The molecule has 0 amide bonds. The van der Waals surface area contributed by atoms with Crippen LogP contribution in [0.1, 0.15) is 0 Å². The largest absolute Gasteiger partial charge is 1.00 e. The van der Waals surface area contributed by atoms with E-state index >= 15 is 0 Å². The van der Waals surface area contributed by atoms with Crippen molar-refractivity contribution in [1.82, 2.24) is 14.7 Å². The van der Waals surface area contributed by atoms with Crippen LogP contribution in [-0.4, -0.2) is 66.6 Å². The van der Waals surface area contributed by atoms with Crippen LogP contribution < -0.4 is 10.0 Å². The summed E-state index contributed by atoms with van der Waals surface area (Å²) in [6.45, 7) is 3.54. The first kappa shape index (κ1) is 13.5. The first-order valence-corrected chi connectivity index (χ1v) is 7.20. The molecule has 2 rings (SSSR count). The lowest BCUT2D eigenvalue weighted by molar-refractivity contribution is -0.709. The molecule has 2 N–H and O–H groups in total. The van der Waals surface area contributed by atoms with Crippen LogP contribution in [-0.2, 0) is 0 Å². The number of quaternary nitrogens is 1. The fourth-order valence-electron chi connectivity index (χ4n) is 1.72. The average Bonchev–Trinajstić information content (AvgIpc) is 2.70. The van der Waals surface area contributed by atoms with Crippen LogP contribution in [0.2, 0.25) is 0 Å². The molecule has 90 valence electrons. The van der Waals surface area contributed by atoms with E-state index in [1.54, 1.807) is 0 Å². The Kier molecular flexibility index (Phi) is 5.14. The summed E-state index contributed by atoms with van der Waals surface area (Å²) >= 11 is 0. The molecule has 2 unspecified atom stereocenters. The molecule has 2 aliphatic rings. The van der Waals surface area contributed by atoms with Crippen LogP contribution >= 0.6 is 21.6 Å². The Balaban J connectivity index is 0.00000112. The number of rotatable bonds is 2. The van der Waals surface area contributed by atoms with E-state index in [0.717, 1.165) is 6.67 Å². The van der Waals surface area contributed by atoms with Gasteiger partial charge in [0, 0.05) is 13.1 Å². The number of halogens is 1. The maximum Gasteiger partial charge on any atom is 0.203 e. The van der Waals surface area contributed by atoms with Gasteiger partial charge in [0.05, 0.1) is 6.67 Å². The number of hydrogen-bond acceptors (Lipinski definition) is 5. The maximum atomic E-state index is 2.54. The molecule has 2 fully saturated rings. The van der Waals surface area contributed by atoms with Crippen LogP contribution in [0.25, 0.3) is 0 Å². The number of nitrogens with two attached hydrogens (primary N) is 1. The SMILES string of the molecule is CN1CCN(C2[NH2+]C(N(C)C)SS2)C1.[F-]. The quantitative estimate of drug-likeness (QED) is 0.512. The van der Waals surface area contributed by atoms with Gasteiger partial charge < -0.3 is 4.70 Å². The Morgan fingerprint density at radius 3 is 2.47 bits per heavy atom. The first-order valence-electron chi connectivity index (χ1n) is 4.93. The predicted molar refractivity (Wildman–Crippen MR) is 62.6 cm³/mol. The summed E-state index contributed by atoms with van der Waals surface area (Å²) in [6, 6.07) is 0. The second-order valence-electron chi connectivity index (χ2n) is 4.16. The second-order valence-corrected chi connectivity index (χ2v) is 6.67. The van der Waals surface area contributed by atoms with Gasteiger partial charge in [-0.05, 0) is 42.7 Å². The smallest absolute Gasteiger partial charge is 0.203 e. The van der Waals surface area contributed by atoms with Gasteiger partial charge in [-0.2, -0.15) is 0 Å². The second kappa shape index (κ2) is 5.70. The van der Waals surface area contributed by atoms with Crippen molar-refractivity contribution >= 4 is 21.6 Å². The van der Waals surface area contributed by atoms with Crippen molar-refractivity contribution in [3.8, 4) is 0 Å². The Bertz CT molecular complexity index is 207. The molecular formula is C8H19FN4S2. The van der Waals surface area contributed by atoms with E-state index in [0.29, 0.717) is 11.0 Å². The summed E-state index contributed by atoms with van der Waals surface area (Å²) in [5.41, 5.74) is 1.19. The van der Waals surface area contributed by atoms with Gasteiger partial charge >= 0.3 is 0 Å². The third kappa shape index (κ3) is 3.21. The molecule has 2 saturated heterocycles. The highest BCUT2D eigenvalue weighted by Crippen LogP contribution is 2.33. The zero-order chi connectivity index (χ0) is 10.1. The molecule has 0 aromatic carbocycles. The summed E-state index contributed by atoms with van der Waals surface area (Å²) in [4.78, 5) is 7.20. The van der Waals surface area contributed by atoms with Gasteiger partial charge in [0.1, 0.15) is 0 Å². The van der Waals surface area contributed by atoms with Gasteiger partial charge in [0.2, 0.25) is 11.0 Å². The van der Waals surface area contributed by atoms with Crippen LogP contribution in [0, 0.1) is 0 Å². The van der Waals surface area contributed by atoms with Crippen molar-refractivity contribution in [2.45, 2.75) is 11.0 Å². The summed E-state index contributed by atoms with van der Waals surface area (Å²) < 4.78 is 0. The summed E-state index contributed by atoms with van der Waals surface area (Å²) in [7, 11) is 10.5. The van der Waals surface area contributed by atoms with Gasteiger partial charge in [-0.3, -0.25) is 15.1 Å². The minimum absolute atomic E-state index is 0. The molecule has 2 heterocycles. The van der Waals surface area contributed by atoms with Gasteiger partial charge in [-0.15, -0.1) is 0 Å². The highest BCUT2D eigenvalue weighted by molar-refractivity contribution is 8.77. The molecule has 0 spiro atoms. The zero-order valence-electron chi connectivity index (χ0n) is 9.39. The molecule has 7 heteroatoms. The fourth-order valence-corrected chi connectivity index (χ4v) is 4.89. The fraction of sp³-hybridized carbons (Fsp3) is 1.00. The van der Waals surface area contributed by atoms with Crippen molar-refractivity contribution in [3.63, 3.8) is 0 Å². The van der Waals surface area contributed by atoms with E-state index in [1.165, 1.54) is 13.1 Å². The summed E-state index contributed by atoms with van der Waals surface area (Å²) in [5, 5.41) is 2.45. The molecule has 0 radical (unpaired) electrons. The lowest BCUT2D eigenvalue weighted by Gasteiger charge is -2.21. The van der Waals surface area contributed by atoms with Gasteiger partial charge in [-0.1, -0.05) is 0 Å². The molecular weight excluding hydrogens is 235 g/mol. The van der Waals surface area contributed by atoms with Crippen molar-refractivity contribution < 1.29 is 10.0 Å². The number of hydrogen-bond donors (Lipinski definition) is 1. The van der Waals surface area contributed by atoms with E-state index in [9.17, 15) is 0 Å². The van der Waals surface area contributed by atoms with E-state index in [1.807, 2.05) is 21.6 Å². The Morgan fingerprint density at radius 2 is 2.00 bits per heavy atom. The minimum atomic E-state index is 0. The molecule has 0 aromatic heterocycles. The van der Waals surface area contributed by atoms with Gasteiger partial charge in [-0.25, -0.2) is 4.90 Å². The molecule has 2 atom stereocenters. The third-order valence-electron chi connectivity index (χ3n) is 2.64. The van der Waals surface area contributed by atoms with Crippen LogP contribution in [0.15, 0.2) is 0 Å². The monoisotopic (exact) mass is 254 g/mol. The van der Waals surface area contributed by atoms with Gasteiger partial charge in [0.25, 0.3) is 0 Å². The maximum absolute atomic E-state index is 2.54. The molecule has 4 nitrogen and oxygen atoms in total. The first-order chi connectivity index (χ1) is 6.66. The topological polar surface area (TPSA) is 26.3 Å². The predicted octanol–water partition coefficient (Wildman–Crippen LogP) is -3.72. The standard InChI is InChI=1S/C8H18N4S2.FH/c1-10(2)7-9-8(14-13-7)12-5-4-11(3)6-12;/h7-9H,4-6H2,1-3H3;1H. The van der Waals surface area contributed by atoms with Crippen molar-refractivity contribution in [2.75, 3.05) is 40.9 Å². The number of likely N-dealkylation sites (N-methyl/N-ethyl adjacent to an activating group) is 1. The highest BCUT2D eigenvalue weighted by atomic mass is 33.1. The average molecular weight is 254 g/mol. The van der Waals surface area contributed by atoms with E-state index in [-0.39, 0.29) is 4.70 Å². The zero-order valence-corrected chi connectivity index (χ0v) is 11.0. The molecule has 0 bridgehead atoms. The summed E-state index contributed by atoms with van der Waals surface area (Å²) in [6.07, 6.45) is 0. The lowest BCUT2D eigenvalue weighted by Crippen LogP contribution is -3.00. The third-order valence-corrected chi connectivity index (χ3v) is 5.70. The molecule has 0 saturated carbocycles. The Labute approximate surface area is 98.5 Å². The lowest BCUT2D eigenvalue weighted by atomic mass is 10.6. The molecule has 0 aliphatic carbocycles. The van der Waals surface area contributed by atoms with E-state index in [2.05, 4.69) is 41.2 Å². The van der Waals surface area contributed by atoms with Crippen molar-refractivity contribution in [2.24, 2.45) is 0 Å². The molecule has 0 aromatic rings. The van der Waals surface area contributed by atoms with Crippen molar-refractivity contribution in [1.29, 1.82) is 0 Å². The van der Waals surface area contributed by atoms with Crippen LogP contribution in [0.3, 0.4) is 0 Å². The van der Waals surface area contributed by atoms with Gasteiger partial charge in [0.15, 0.2) is 0 Å². The van der Waals surface area contributed by atoms with Crippen LogP contribution in [0.4, 0.5) is 0 Å². The minimum Gasteiger partial charge on any atom is -1.00 e.